The lowest BCUT2D eigenvalue weighted by Gasteiger charge is -2.31. The van der Waals surface area contributed by atoms with Crippen LogP contribution in [0, 0.1) is 19.8 Å². The minimum absolute atomic E-state index is 0.0673. The van der Waals surface area contributed by atoms with Crippen LogP contribution in [0.25, 0.3) is 5.69 Å². The molecular formula is C20H24N4O2. The van der Waals surface area contributed by atoms with Crippen LogP contribution >= 0.6 is 0 Å². The Hall–Kier alpha value is -2.89. The van der Waals surface area contributed by atoms with Gasteiger partial charge < -0.3 is 10.2 Å². The second-order valence-electron chi connectivity index (χ2n) is 6.80. The molecule has 1 aromatic heterocycles. The molecule has 136 valence electrons. The summed E-state index contributed by atoms with van der Waals surface area (Å²) in [6.45, 7) is 8.60. The number of carbonyl (C=O) groups excluding carboxylic acids is 2. The number of nitrogens with one attached hydrogen (secondary N) is 1. The van der Waals surface area contributed by atoms with Crippen LogP contribution in [0.1, 0.15) is 24.0 Å². The normalized spacial score (nSPS) is 17.0. The Kier molecular flexibility index (Phi) is 5.21. The van der Waals surface area contributed by atoms with Crippen LogP contribution in [0.2, 0.25) is 0 Å². The Balaban J connectivity index is 1.80. The summed E-state index contributed by atoms with van der Waals surface area (Å²) in [5.41, 5.74) is 3.66. The van der Waals surface area contributed by atoms with Crippen LogP contribution in [0.15, 0.2) is 43.2 Å². The molecule has 1 fully saturated rings. The lowest BCUT2D eigenvalue weighted by atomic mass is 9.96. The van der Waals surface area contributed by atoms with Gasteiger partial charge in [-0.1, -0.05) is 12.6 Å². The van der Waals surface area contributed by atoms with E-state index in [1.165, 1.54) is 6.08 Å². The van der Waals surface area contributed by atoms with E-state index in [4.69, 9.17) is 0 Å². The molecule has 2 aromatic rings. The molecule has 3 rings (SSSR count). The summed E-state index contributed by atoms with van der Waals surface area (Å²) in [6.07, 6.45) is 6.60. The van der Waals surface area contributed by atoms with E-state index in [1.54, 1.807) is 15.8 Å². The molecule has 0 bridgehead atoms. The smallest absolute Gasteiger partial charge is 0.245 e. The molecule has 0 saturated carbocycles. The van der Waals surface area contributed by atoms with Crippen LogP contribution in [-0.2, 0) is 9.59 Å². The number of hydrogen-bond donors (Lipinski definition) is 1. The van der Waals surface area contributed by atoms with Crippen molar-refractivity contribution >= 4 is 17.5 Å². The SMILES string of the molecule is C=CC(=O)N1CCCC(C(=O)Nc2cc(C)ccc2-n2cc(C)cn2)C1. The molecule has 1 aliphatic rings. The van der Waals surface area contributed by atoms with Crippen LogP contribution in [0.3, 0.4) is 0 Å². The van der Waals surface area contributed by atoms with Gasteiger partial charge in [0.1, 0.15) is 0 Å². The zero-order chi connectivity index (χ0) is 18.7. The first-order chi connectivity index (χ1) is 12.5. The summed E-state index contributed by atoms with van der Waals surface area (Å²) >= 11 is 0. The van der Waals surface area contributed by atoms with E-state index in [-0.39, 0.29) is 17.7 Å². The molecule has 1 saturated heterocycles. The number of piperidine rings is 1. The second kappa shape index (κ2) is 7.56. The number of nitrogens with zero attached hydrogens (tertiary/aromatic N) is 3. The summed E-state index contributed by atoms with van der Waals surface area (Å²) < 4.78 is 1.76. The molecule has 1 aliphatic heterocycles. The van der Waals surface area contributed by atoms with Crippen molar-refractivity contribution in [2.24, 2.45) is 5.92 Å². The molecule has 1 atom stereocenters. The molecule has 1 N–H and O–H groups in total. The number of hydrogen-bond acceptors (Lipinski definition) is 3. The monoisotopic (exact) mass is 352 g/mol. The highest BCUT2D eigenvalue weighted by Crippen LogP contribution is 2.24. The average molecular weight is 352 g/mol. The molecule has 6 heteroatoms. The Bertz CT molecular complexity index is 840. The zero-order valence-corrected chi connectivity index (χ0v) is 15.2. The summed E-state index contributed by atoms with van der Waals surface area (Å²) in [6, 6.07) is 5.89. The van der Waals surface area contributed by atoms with Crippen molar-refractivity contribution in [3.63, 3.8) is 0 Å². The fourth-order valence-corrected chi connectivity index (χ4v) is 3.25. The maximum Gasteiger partial charge on any atom is 0.245 e. The fraction of sp³-hybridized carbons (Fsp3) is 0.350. The van der Waals surface area contributed by atoms with E-state index >= 15 is 0 Å². The van der Waals surface area contributed by atoms with Gasteiger partial charge in [0.05, 0.1) is 23.5 Å². The fourth-order valence-electron chi connectivity index (χ4n) is 3.25. The van der Waals surface area contributed by atoms with Gasteiger partial charge in [-0.2, -0.15) is 5.10 Å². The zero-order valence-electron chi connectivity index (χ0n) is 15.2. The van der Waals surface area contributed by atoms with Gasteiger partial charge in [0.15, 0.2) is 0 Å². The predicted octanol–water partition coefficient (Wildman–Crippen LogP) is 2.85. The molecule has 0 aliphatic carbocycles. The number of aromatic nitrogens is 2. The third-order valence-corrected chi connectivity index (χ3v) is 4.65. The molecule has 26 heavy (non-hydrogen) atoms. The first-order valence-electron chi connectivity index (χ1n) is 8.82. The average Bonchev–Trinajstić information content (AvgIpc) is 3.07. The van der Waals surface area contributed by atoms with Crippen LogP contribution in [0.5, 0.6) is 0 Å². The molecule has 2 amide bonds. The van der Waals surface area contributed by atoms with Crippen molar-refractivity contribution in [3.8, 4) is 5.69 Å². The largest absolute Gasteiger partial charge is 0.338 e. The summed E-state index contributed by atoms with van der Waals surface area (Å²) in [5, 5.41) is 7.39. The van der Waals surface area contributed by atoms with Gasteiger partial charge in [0.25, 0.3) is 0 Å². The van der Waals surface area contributed by atoms with Gasteiger partial charge in [0, 0.05) is 19.3 Å². The van der Waals surface area contributed by atoms with Gasteiger partial charge >= 0.3 is 0 Å². The van der Waals surface area contributed by atoms with Gasteiger partial charge in [-0.25, -0.2) is 4.68 Å². The van der Waals surface area contributed by atoms with Crippen molar-refractivity contribution in [2.75, 3.05) is 18.4 Å². The van der Waals surface area contributed by atoms with Crippen molar-refractivity contribution in [1.29, 1.82) is 0 Å². The summed E-state index contributed by atoms with van der Waals surface area (Å²) in [4.78, 5) is 26.4. The Morgan fingerprint density at radius 3 is 2.81 bits per heavy atom. The molecule has 1 aromatic carbocycles. The first kappa shape index (κ1) is 17.9. The van der Waals surface area contributed by atoms with E-state index < -0.39 is 0 Å². The molecule has 0 radical (unpaired) electrons. The minimum Gasteiger partial charge on any atom is -0.338 e. The van der Waals surface area contributed by atoms with E-state index in [1.807, 2.05) is 38.2 Å². The number of carbonyl (C=O) groups is 2. The standard InChI is InChI=1S/C20H24N4O2/c1-4-19(25)23-9-5-6-16(13-23)20(26)22-17-10-14(2)7-8-18(17)24-12-15(3)11-21-24/h4,7-8,10-12,16H,1,5-6,9,13H2,2-3H3,(H,22,26). The molecule has 1 unspecified atom stereocenters. The van der Waals surface area contributed by atoms with Gasteiger partial charge in [-0.3, -0.25) is 9.59 Å². The highest BCUT2D eigenvalue weighted by molar-refractivity contribution is 5.95. The second-order valence-corrected chi connectivity index (χ2v) is 6.80. The van der Waals surface area contributed by atoms with E-state index in [0.29, 0.717) is 13.1 Å². The number of aryl methyl sites for hydroxylation is 2. The maximum absolute atomic E-state index is 12.8. The lowest BCUT2D eigenvalue weighted by molar-refractivity contribution is -0.130. The van der Waals surface area contributed by atoms with Gasteiger partial charge in [0.2, 0.25) is 11.8 Å². The Morgan fingerprint density at radius 1 is 1.31 bits per heavy atom. The Labute approximate surface area is 153 Å². The third kappa shape index (κ3) is 3.85. The first-order valence-corrected chi connectivity index (χ1v) is 8.82. The number of amides is 2. The van der Waals surface area contributed by atoms with Crippen LogP contribution in [0.4, 0.5) is 5.69 Å². The topological polar surface area (TPSA) is 67.2 Å². The quantitative estimate of drug-likeness (QED) is 0.861. The highest BCUT2D eigenvalue weighted by atomic mass is 16.2. The van der Waals surface area contributed by atoms with Gasteiger partial charge in [-0.15, -0.1) is 0 Å². The predicted molar refractivity (Wildman–Crippen MR) is 101 cm³/mol. The van der Waals surface area contributed by atoms with Gasteiger partial charge in [-0.05, 0) is 56.0 Å². The number of rotatable bonds is 4. The Morgan fingerprint density at radius 2 is 2.12 bits per heavy atom. The third-order valence-electron chi connectivity index (χ3n) is 4.65. The molecular weight excluding hydrogens is 328 g/mol. The number of anilines is 1. The van der Waals surface area contributed by atoms with Crippen LogP contribution < -0.4 is 5.32 Å². The van der Waals surface area contributed by atoms with Crippen molar-refractivity contribution in [1.82, 2.24) is 14.7 Å². The minimum atomic E-state index is -0.222. The maximum atomic E-state index is 12.8. The lowest BCUT2D eigenvalue weighted by Crippen LogP contribution is -2.43. The van der Waals surface area contributed by atoms with Crippen LogP contribution in [-0.4, -0.2) is 39.6 Å². The molecule has 6 nitrogen and oxygen atoms in total. The molecule has 2 heterocycles. The van der Waals surface area contributed by atoms with Crippen molar-refractivity contribution in [2.45, 2.75) is 26.7 Å². The summed E-state index contributed by atoms with van der Waals surface area (Å²) in [7, 11) is 0. The molecule has 0 spiro atoms. The van der Waals surface area contributed by atoms with E-state index in [9.17, 15) is 9.59 Å². The van der Waals surface area contributed by atoms with Crippen molar-refractivity contribution < 1.29 is 9.59 Å². The number of likely N-dealkylation sites (tertiary alicyclic amines) is 1. The van der Waals surface area contributed by atoms with Crippen molar-refractivity contribution in [3.05, 3.63) is 54.4 Å². The summed E-state index contributed by atoms with van der Waals surface area (Å²) in [5.74, 6) is -0.409. The van der Waals surface area contributed by atoms with E-state index in [2.05, 4.69) is 17.0 Å². The number of benzene rings is 1. The van der Waals surface area contributed by atoms with E-state index in [0.717, 1.165) is 35.3 Å². The highest BCUT2D eigenvalue weighted by Gasteiger charge is 2.28.